The highest BCUT2D eigenvalue weighted by Crippen LogP contribution is 2.06. The number of nitrogens with one attached hydrogen (secondary N) is 1. The Morgan fingerprint density at radius 2 is 2.38 bits per heavy atom. The molecule has 0 saturated heterocycles. The minimum absolute atomic E-state index is 0.00154. The van der Waals surface area contributed by atoms with E-state index in [9.17, 15) is 4.79 Å². The Morgan fingerprint density at radius 1 is 1.62 bits per heavy atom. The van der Waals surface area contributed by atoms with Crippen molar-refractivity contribution < 1.29 is 9.90 Å². The van der Waals surface area contributed by atoms with Gasteiger partial charge in [-0.1, -0.05) is 0 Å². The van der Waals surface area contributed by atoms with Crippen LogP contribution in [0.25, 0.3) is 0 Å². The minimum Gasteiger partial charge on any atom is -0.481 e. The van der Waals surface area contributed by atoms with Crippen LogP contribution in [0.3, 0.4) is 0 Å². The third kappa shape index (κ3) is 3.92. The van der Waals surface area contributed by atoms with Gasteiger partial charge in [-0.15, -0.1) is 0 Å². The highest BCUT2D eigenvalue weighted by atomic mass is 16.4. The number of aromatic nitrogens is 2. The number of carboxylic acids is 1. The summed E-state index contributed by atoms with van der Waals surface area (Å²) in [4.78, 5) is 18.2. The van der Waals surface area contributed by atoms with E-state index in [0.717, 1.165) is 0 Å². The number of nitriles is 1. The van der Waals surface area contributed by atoms with E-state index in [4.69, 9.17) is 10.4 Å². The number of carboxylic acid groups (broad SMARTS) is 1. The van der Waals surface area contributed by atoms with E-state index in [1.807, 2.05) is 13.0 Å². The summed E-state index contributed by atoms with van der Waals surface area (Å²) in [5, 5.41) is 20.0. The van der Waals surface area contributed by atoms with Crippen LogP contribution in [0.5, 0.6) is 0 Å². The van der Waals surface area contributed by atoms with Crippen molar-refractivity contribution in [3.63, 3.8) is 0 Å². The van der Waals surface area contributed by atoms with Gasteiger partial charge in [0.15, 0.2) is 5.69 Å². The van der Waals surface area contributed by atoms with Crippen LogP contribution in [0.2, 0.25) is 0 Å². The first-order valence-electron chi connectivity index (χ1n) is 4.82. The zero-order valence-electron chi connectivity index (χ0n) is 8.84. The molecule has 6 heteroatoms. The van der Waals surface area contributed by atoms with Crippen molar-refractivity contribution in [2.45, 2.75) is 25.8 Å². The second kappa shape index (κ2) is 5.66. The Labute approximate surface area is 93.0 Å². The molecule has 1 aromatic heterocycles. The zero-order valence-corrected chi connectivity index (χ0v) is 8.84. The molecule has 0 spiro atoms. The van der Waals surface area contributed by atoms with E-state index < -0.39 is 5.97 Å². The van der Waals surface area contributed by atoms with Crippen LogP contribution in [-0.4, -0.2) is 27.1 Å². The number of aliphatic carboxylic acids is 1. The lowest BCUT2D eigenvalue weighted by atomic mass is 10.2. The van der Waals surface area contributed by atoms with Crippen molar-refractivity contribution >= 4 is 11.8 Å². The zero-order chi connectivity index (χ0) is 12.0. The van der Waals surface area contributed by atoms with Crippen molar-refractivity contribution in [3.05, 3.63) is 18.1 Å². The van der Waals surface area contributed by atoms with Gasteiger partial charge in [0.2, 0.25) is 0 Å². The highest BCUT2D eigenvalue weighted by molar-refractivity contribution is 5.66. The summed E-state index contributed by atoms with van der Waals surface area (Å²) in [7, 11) is 0. The summed E-state index contributed by atoms with van der Waals surface area (Å²) in [6, 6.07) is 1.87. The lowest BCUT2D eigenvalue weighted by Gasteiger charge is -2.12. The molecule has 2 N–H and O–H groups in total. The molecule has 0 aliphatic heterocycles. The molecule has 6 nitrogen and oxygen atoms in total. The number of carbonyl (C=O) groups is 1. The van der Waals surface area contributed by atoms with E-state index in [0.29, 0.717) is 12.2 Å². The van der Waals surface area contributed by atoms with Crippen molar-refractivity contribution in [3.8, 4) is 6.07 Å². The number of hydrogen-bond acceptors (Lipinski definition) is 5. The molecular weight excluding hydrogens is 208 g/mol. The lowest BCUT2D eigenvalue weighted by Crippen LogP contribution is -2.17. The molecule has 1 atom stereocenters. The molecule has 1 unspecified atom stereocenters. The van der Waals surface area contributed by atoms with Gasteiger partial charge in [0.05, 0.1) is 12.4 Å². The van der Waals surface area contributed by atoms with E-state index in [1.54, 1.807) is 0 Å². The first kappa shape index (κ1) is 11.9. The predicted octanol–water partition coefficient (Wildman–Crippen LogP) is 1.01. The summed E-state index contributed by atoms with van der Waals surface area (Å²) in [5.41, 5.74) is 0.253. The van der Waals surface area contributed by atoms with Crippen LogP contribution >= 0.6 is 0 Å². The van der Waals surface area contributed by atoms with Gasteiger partial charge < -0.3 is 10.4 Å². The predicted molar refractivity (Wildman–Crippen MR) is 56.7 cm³/mol. The number of rotatable bonds is 5. The number of anilines is 1. The first-order valence-corrected chi connectivity index (χ1v) is 4.82. The Kier molecular flexibility index (Phi) is 4.21. The Morgan fingerprint density at radius 3 is 2.88 bits per heavy atom. The van der Waals surface area contributed by atoms with Crippen LogP contribution in [0.4, 0.5) is 5.82 Å². The summed E-state index contributed by atoms with van der Waals surface area (Å²) in [6.07, 6.45) is 3.44. The van der Waals surface area contributed by atoms with E-state index in [2.05, 4.69) is 15.3 Å². The van der Waals surface area contributed by atoms with Crippen LogP contribution in [0.15, 0.2) is 12.4 Å². The van der Waals surface area contributed by atoms with Crippen molar-refractivity contribution in [1.29, 1.82) is 5.26 Å². The summed E-state index contributed by atoms with van der Waals surface area (Å²) in [6.45, 7) is 1.86. The van der Waals surface area contributed by atoms with Crippen LogP contribution < -0.4 is 5.32 Å². The van der Waals surface area contributed by atoms with Gasteiger partial charge in [-0.3, -0.25) is 4.79 Å². The molecule has 0 bridgehead atoms. The van der Waals surface area contributed by atoms with Crippen molar-refractivity contribution in [1.82, 2.24) is 9.97 Å². The van der Waals surface area contributed by atoms with Crippen molar-refractivity contribution in [2.24, 2.45) is 0 Å². The van der Waals surface area contributed by atoms with E-state index in [-0.39, 0.29) is 18.2 Å². The Hall–Kier alpha value is -2.16. The largest absolute Gasteiger partial charge is 0.481 e. The quantitative estimate of drug-likeness (QED) is 0.768. The molecule has 16 heavy (non-hydrogen) atoms. The van der Waals surface area contributed by atoms with Gasteiger partial charge in [0.1, 0.15) is 11.9 Å². The highest BCUT2D eigenvalue weighted by Gasteiger charge is 2.06. The minimum atomic E-state index is -0.820. The maximum absolute atomic E-state index is 10.3. The summed E-state index contributed by atoms with van der Waals surface area (Å²) < 4.78 is 0. The molecule has 1 rings (SSSR count). The molecule has 84 valence electrons. The average Bonchev–Trinajstić information content (AvgIpc) is 2.27. The standard InChI is InChI=1S/C10H12N4O2/c1-7(2-3-10(15)16)14-9-6-12-8(4-11)5-13-9/h5-7H,2-3H2,1H3,(H,13,14)(H,15,16). The third-order valence-electron chi connectivity index (χ3n) is 1.95. The second-order valence-electron chi connectivity index (χ2n) is 3.38. The molecule has 0 radical (unpaired) electrons. The van der Waals surface area contributed by atoms with Crippen LogP contribution in [-0.2, 0) is 4.79 Å². The van der Waals surface area contributed by atoms with Gasteiger partial charge in [0, 0.05) is 12.5 Å². The molecule has 1 heterocycles. The fraction of sp³-hybridized carbons (Fsp3) is 0.400. The maximum atomic E-state index is 10.3. The topological polar surface area (TPSA) is 98.9 Å². The smallest absolute Gasteiger partial charge is 0.303 e. The SMILES string of the molecule is CC(CCC(=O)O)Nc1cnc(C#N)cn1. The Bertz CT molecular complexity index is 396. The molecule has 0 aliphatic carbocycles. The van der Waals surface area contributed by atoms with Gasteiger partial charge in [0.25, 0.3) is 0 Å². The Balaban J connectivity index is 2.47. The van der Waals surface area contributed by atoms with Gasteiger partial charge >= 0.3 is 5.97 Å². The normalized spacial score (nSPS) is 11.5. The van der Waals surface area contributed by atoms with Crippen LogP contribution in [0, 0.1) is 11.3 Å². The monoisotopic (exact) mass is 220 g/mol. The molecular formula is C10H12N4O2. The molecule has 0 aromatic carbocycles. The third-order valence-corrected chi connectivity index (χ3v) is 1.95. The summed E-state index contributed by atoms with van der Waals surface area (Å²) in [5.74, 6) is -0.281. The van der Waals surface area contributed by atoms with Crippen molar-refractivity contribution in [2.75, 3.05) is 5.32 Å². The first-order chi connectivity index (χ1) is 7.61. The number of hydrogen-bond donors (Lipinski definition) is 2. The maximum Gasteiger partial charge on any atom is 0.303 e. The summed E-state index contributed by atoms with van der Waals surface area (Å²) >= 11 is 0. The van der Waals surface area contributed by atoms with Gasteiger partial charge in [-0.05, 0) is 13.3 Å². The average molecular weight is 220 g/mol. The molecule has 0 fully saturated rings. The van der Waals surface area contributed by atoms with Crippen LogP contribution in [0.1, 0.15) is 25.5 Å². The fourth-order valence-electron chi connectivity index (χ4n) is 1.12. The van der Waals surface area contributed by atoms with Gasteiger partial charge in [-0.25, -0.2) is 9.97 Å². The van der Waals surface area contributed by atoms with E-state index in [1.165, 1.54) is 12.4 Å². The molecule has 0 saturated carbocycles. The van der Waals surface area contributed by atoms with Gasteiger partial charge in [-0.2, -0.15) is 5.26 Å². The molecule has 0 amide bonds. The lowest BCUT2D eigenvalue weighted by molar-refractivity contribution is -0.137. The fourth-order valence-corrected chi connectivity index (χ4v) is 1.12. The van der Waals surface area contributed by atoms with E-state index >= 15 is 0 Å². The molecule has 1 aromatic rings. The number of nitrogens with zero attached hydrogens (tertiary/aromatic N) is 3. The second-order valence-corrected chi connectivity index (χ2v) is 3.38. The molecule has 0 aliphatic rings.